The molecule has 0 fully saturated rings. The first kappa shape index (κ1) is 21.6. The van der Waals surface area contributed by atoms with Crippen molar-refractivity contribution in [3.63, 3.8) is 0 Å². The number of halogens is 1. The Balaban J connectivity index is 2.06. The maximum absolute atomic E-state index is 15.1. The molecule has 2 aromatic heterocycles. The average molecular weight is 432 g/mol. The maximum Gasteiger partial charge on any atom is 0.339 e. The van der Waals surface area contributed by atoms with Crippen LogP contribution in [0.4, 0.5) is 10.1 Å². The number of aromatic nitrogens is 2. The van der Waals surface area contributed by atoms with E-state index >= 15 is 4.39 Å². The summed E-state index contributed by atoms with van der Waals surface area (Å²) >= 11 is -2.69. The number of anilines is 1. The lowest BCUT2D eigenvalue weighted by molar-refractivity contribution is 0.0526. The minimum absolute atomic E-state index is 0.0740. The fraction of sp³-hybridized carbons (Fsp3) is 0.250. The third kappa shape index (κ3) is 4.10. The van der Waals surface area contributed by atoms with E-state index < -0.39 is 28.8 Å². The lowest BCUT2D eigenvalue weighted by Crippen LogP contribution is -2.27. The van der Waals surface area contributed by atoms with Crippen molar-refractivity contribution >= 4 is 39.7 Å². The van der Waals surface area contributed by atoms with Crippen molar-refractivity contribution in [2.75, 3.05) is 17.5 Å². The third-order valence-corrected chi connectivity index (χ3v) is 5.12. The van der Waals surface area contributed by atoms with Gasteiger partial charge < -0.3 is 14.3 Å². The van der Waals surface area contributed by atoms with E-state index in [0.29, 0.717) is 17.5 Å². The number of carbonyl (C=O) groups excluding carboxylic acids is 2. The normalized spacial score (nSPS) is 12.0. The molecule has 1 unspecified atom stereocenters. The Kier molecular flexibility index (Phi) is 6.58. The first-order valence-corrected chi connectivity index (χ1v) is 10.3. The Morgan fingerprint density at radius 3 is 2.73 bits per heavy atom. The maximum atomic E-state index is 15.1. The topological polar surface area (TPSA) is 115 Å². The predicted molar refractivity (Wildman–Crippen MR) is 108 cm³/mol. The minimum Gasteiger partial charge on any atom is -0.755 e. The van der Waals surface area contributed by atoms with Crippen LogP contribution in [0.2, 0.25) is 0 Å². The van der Waals surface area contributed by atoms with Crippen molar-refractivity contribution in [1.29, 1.82) is 0 Å². The van der Waals surface area contributed by atoms with Gasteiger partial charge in [-0.15, -0.1) is 0 Å². The highest BCUT2D eigenvalue weighted by Gasteiger charge is 2.23. The van der Waals surface area contributed by atoms with Crippen molar-refractivity contribution in [3.05, 3.63) is 59.2 Å². The van der Waals surface area contributed by atoms with Gasteiger partial charge in [-0.3, -0.25) is 13.3 Å². The first-order chi connectivity index (χ1) is 14.4. The van der Waals surface area contributed by atoms with Gasteiger partial charge in [0.25, 0.3) is 0 Å². The molecule has 30 heavy (non-hydrogen) atoms. The van der Waals surface area contributed by atoms with Crippen LogP contribution >= 0.6 is 0 Å². The molecule has 1 atom stereocenters. The Morgan fingerprint density at radius 1 is 1.30 bits per heavy atom. The molecule has 3 aromatic rings. The largest absolute Gasteiger partial charge is 0.755 e. The van der Waals surface area contributed by atoms with Gasteiger partial charge in [-0.25, -0.2) is 14.2 Å². The number of nitrogens with one attached hydrogen (secondary N) is 1. The lowest BCUT2D eigenvalue weighted by atomic mass is 10.0. The van der Waals surface area contributed by atoms with E-state index in [1.54, 1.807) is 13.8 Å². The number of hydrogen-bond acceptors (Lipinski definition) is 6. The zero-order valence-electron chi connectivity index (χ0n) is 16.3. The highest BCUT2D eigenvalue weighted by atomic mass is 32.2. The molecule has 1 aromatic carbocycles. The molecule has 0 aliphatic heterocycles. The summed E-state index contributed by atoms with van der Waals surface area (Å²) in [4.78, 5) is 32.0. The number of esters is 1. The van der Waals surface area contributed by atoms with Gasteiger partial charge in [-0.2, -0.15) is 0 Å². The van der Waals surface area contributed by atoms with Gasteiger partial charge in [0.15, 0.2) is 11.6 Å². The molecule has 0 saturated carbocycles. The van der Waals surface area contributed by atoms with Crippen molar-refractivity contribution in [1.82, 2.24) is 9.97 Å². The van der Waals surface area contributed by atoms with E-state index in [1.165, 1.54) is 36.7 Å². The highest BCUT2D eigenvalue weighted by Crippen LogP contribution is 2.28. The third-order valence-electron chi connectivity index (χ3n) is 4.39. The quantitative estimate of drug-likeness (QED) is 0.332. The summed E-state index contributed by atoms with van der Waals surface area (Å²) in [7, 11) is 0. The molecule has 3 rings (SSSR count). The summed E-state index contributed by atoms with van der Waals surface area (Å²) in [6.07, 6.45) is 3.16. The summed E-state index contributed by atoms with van der Waals surface area (Å²) in [6.45, 7) is 3.68. The lowest BCUT2D eigenvalue weighted by Gasteiger charge is -2.26. The number of rotatable bonds is 8. The summed E-state index contributed by atoms with van der Waals surface area (Å²) in [5.74, 6) is -2.20. The standard InChI is InChI=1S/C20H20FN3O5S/c1-3-8-24(30(27)28)16-7-5-6-13(17(16)21)18(25)15-11-23-19-14(15)9-12(10-22-19)20(26)29-4-2/h5-7,9-11H,3-4,8H2,1-2H3,(H,22,23)(H,27,28)/p-1. The van der Waals surface area contributed by atoms with Crippen LogP contribution in [0.15, 0.2) is 36.7 Å². The van der Waals surface area contributed by atoms with Crippen LogP contribution in [-0.4, -0.2) is 43.6 Å². The zero-order chi connectivity index (χ0) is 21.8. The molecule has 0 amide bonds. The Bertz CT molecular complexity index is 1130. The number of ketones is 1. The number of hydrogen-bond donors (Lipinski definition) is 1. The molecular weight excluding hydrogens is 413 g/mol. The van der Waals surface area contributed by atoms with Gasteiger partial charge in [-0.1, -0.05) is 13.0 Å². The molecule has 0 radical (unpaired) electrons. The second-order valence-corrected chi connectivity index (χ2v) is 7.21. The van der Waals surface area contributed by atoms with Gasteiger partial charge in [0, 0.05) is 41.2 Å². The van der Waals surface area contributed by atoms with Crippen molar-refractivity contribution in [2.45, 2.75) is 20.3 Å². The molecule has 2 heterocycles. The molecule has 0 spiro atoms. The highest BCUT2D eigenvalue weighted by molar-refractivity contribution is 7.80. The smallest absolute Gasteiger partial charge is 0.339 e. The fourth-order valence-corrected chi connectivity index (χ4v) is 3.66. The molecule has 0 aliphatic carbocycles. The number of H-pyrrole nitrogens is 1. The van der Waals surface area contributed by atoms with E-state index in [0.717, 1.165) is 4.31 Å². The van der Waals surface area contributed by atoms with Crippen LogP contribution < -0.4 is 4.31 Å². The molecule has 1 N–H and O–H groups in total. The van der Waals surface area contributed by atoms with Crippen LogP contribution in [0.25, 0.3) is 11.0 Å². The van der Waals surface area contributed by atoms with Crippen LogP contribution in [0.3, 0.4) is 0 Å². The Labute approximate surface area is 174 Å². The second kappa shape index (κ2) is 9.14. The van der Waals surface area contributed by atoms with E-state index in [9.17, 15) is 18.4 Å². The number of pyridine rings is 1. The van der Waals surface area contributed by atoms with Crippen LogP contribution in [0.1, 0.15) is 46.5 Å². The molecule has 0 aliphatic rings. The van der Waals surface area contributed by atoms with E-state index in [1.807, 2.05) is 0 Å². The van der Waals surface area contributed by atoms with E-state index in [-0.39, 0.29) is 35.5 Å². The van der Waals surface area contributed by atoms with Crippen LogP contribution in [0.5, 0.6) is 0 Å². The molecule has 0 bridgehead atoms. The van der Waals surface area contributed by atoms with E-state index in [4.69, 9.17) is 4.74 Å². The predicted octanol–water partition coefficient (Wildman–Crippen LogP) is 3.12. The van der Waals surface area contributed by atoms with Crippen LogP contribution in [0, 0.1) is 5.82 Å². The van der Waals surface area contributed by atoms with Gasteiger partial charge in [0.2, 0.25) is 0 Å². The molecule has 0 saturated heterocycles. The number of ether oxygens (including phenoxy) is 1. The van der Waals surface area contributed by atoms with Gasteiger partial charge in [0.1, 0.15) is 5.65 Å². The average Bonchev–Trinajstić information content (AvgIpc) is 3.15. The fourth-order valence-electron chi connectivity index (χ4n) is 3.03. The summed E-state index contributed by atoms with van der Waals surface area (Å²) in [5, 5.41) is 0.327. The SMILES string of the molecule is CCCN(c1cccc(C(=O)c2c[nH]c3ncc(C(=O)OCC)cc23)c1F)S(=O)[O-]. The summed E-state index contributed by atoms with van der Waals surface area (Å²) in [6, 6.07) is 5.44. The van der Waals surface area contributed by atoms with Crippen LogP contribution in [-0.2, 0) is 16.0 Å². The number of aromatic amines is 1. The number of carbonyl (C=O) groups is 2. The molecule has 8 nitrogen and oxygen atoms in total. The molecule has 10 heteroatoms. The van der Waals surface area contributed by atoms with E-state index in [2.05, 4.69) is 9.97 Å². The van der Waals surface area contributed by atoms with Crippen molar-refractivity contribution in [3.8, 4) is 0 Å². The minimum atomic E-state index is -2.69. The van der Waals surface area contributed by atoms with Gasteiger partial charge in [-0.05, 0) is 31.5 Å². The second-order valence-electron chi connectivity index (χ2n) is 6.33. The monoisotopic (exact) mass is 432 g/mol. The number of fused-ring (bicyclic) bond motifs is 1. The van der Waals surface area contributed by atoms with Crippen molar-refractivity contribution < 1.29 is 27.5 Å². The number of nitrogens with zero attached hydrogens (tertiary/aromatic N) is 2. The Hall–Kier alpha value is -3.11. The van der Waals surface area contributed by atoms with Gasteiger partial charge >= 0.3 is 5.97 Å². The molecule has 158 valence electrons. The van der Waals surface area contributed by atoms with Crippen molar-refractivity contribution in [2.24, 2.45) is 0 Å². The first-order valence-electron chi connectivity index (χ1n) is 9.23. The van der Waals surface area contributed by atoms with Gasteiger partial charge in [0.05, 0.1) is 23.4 Å². The zero-order valence-corrected chi connectivity index (χ0v) is 17.1. The number of benzene rings is 1. The molecular formula is C20H19FN3O5S-. The summed E-state index contributed by atoms with van der Waals surface area (Å²) in [5.41, 5.74) is 0.104. The summed E-state index contributed by atoms with van der Waals surface area (Å²) < 4.78 is 43.9. The Morgan fingerprint density at radius 2 is 2.07 bits per heavy atom.